The van der Waals surface area contributed by atoms with Crippen molar-refractivity contribution in [1.82, 2.24) is 9.62 Å². The van der Waals surface area contributed by atoms with Crippen LogP contribution < -0.4 is 9.46 Å². The van der Waals surface area contributed by atoms with Gasteiger partial charge >= 0.3 is 0 Å². The van der Waals surface area contributed by atoms with Crippen molar-refractivity contribution in [2.75, 3.05) is 14.1 Å². The number of nitrogens with one attached hydrogen (secondary N) is 1. The van der Waals surface area contributed by atoms with E-state index >= 15 is 8.78 Å². The van der Waals surface area contributed by atoms with Gasteiger partial charge in [0.15, 0.2) is 6.04 Å². The van der Waals surface area contributed by atoms with E-state index in [1.807, 2.05) is 48.5 Å². The zero-order valence-corrected chi connectivity index (χ0v) is 23.9. The maximum atomic E-state index is 15.8. The van der Waals surface area contributed by atoms with E-state index in [2.05, 4.69) is 4.72 Å². The largest absolute Gasteiger partial charge is 0.490 e. The Hall–Kier alpha value is -3.13. The Morgan fingerprint density at radius 1 is 0.925 bits per heavy atom. The van der Waals surface area contributed by atoms with Crippen LogP contribution in [0.15, 0.2) is 89.8 Å². The highest BCUT2D eigenvalue weighted by molar-refractivity contribution is 7.97. The van der Waals surface area contributed by atoms with Gasteiger partial charge in [0.25, 0.3) is 5.92 Å². The van der Waals surface area contributed by atoms with E-state index in [0.29, 0.717) is 5.02 Å². The van der Waals surface area contributed by atoms with Crippen LogP contribution in [0.4, 0.5) is 8.78 Å². The number of hydrogen-bond acceptors (Lipinski definition) is 4. The number of carbonyl (C=O) groups is 1. The van der Waals surface area contributed by atoms with Gasteiger partial charge in [0, 0.05) is 29.6 Å². The van der Waals surface area contributed by atoms with Gasteiger partial charge in [-0.3, -0.25) is 4.79 Å². The van der Waals surface area contributed by atoms with Crippen LogP contribution in [0.25, 0.3) is 21.9 Å². The van der Waals surface area contributed by atoms with Crippen LogP contribution >= 0.6 is 23.5 Å². The Balaban J connectivity index is 1.32. The Morgan fingerprint density at radius 3 is 2.17 bits per heavy atom. The highest BCUT2D eigenvalue weighted by Gasteiger charge is 2.46. The first-order valence-corrected chi connectivity index (χ1v) is 14.5. The van der Waals surface area contributed by atoms with Gasteiger partial charge < -0.3 is 9.64 Å². The Labute approximate surface area is 242 Å². The Morgan fingerprint density at radius 2 is 1.52 bits per heavy atom. The fourth-order valence-electron chi connectivity index (χ4n) is 4.90. The van der Waals surface area contributed by atoms with Crippen LogP contribution in [0.5, 0.6) is 5.75 Å². The molecule has 1 atom stereocenters. The number of likely N-dealkylation sites (N-methyl/N-ethyl adjacent to an activating group) is 1. The molecule has 4 nitrogen and oxygen atoms in total. The molecule has 0 aromatic heterocycles. The molecule has 1 fully saturated rings. The van der Waals surface area contributed by atoms with Gasteiger partial charge in [0.05, 0.1) is 6.10 Å². The van der Waals surface area contributed by atoms with Gasteiger partial charge in [0.2, 0.25) is 5.91 Å². The summed E-state index contributed by atoms with van der Waals surface area (Å²) in [4.78, 5) is 14.8. The maximum absolute atomic E-state index is 15.8. The molecule has 40 heavy (non-hydrogen) atoms. The van der Waals surface area contributed by atoms with E-state index < -0.39 is 17.9 Å². The molecular weight excluding hydrogens is 550 g/mol. The average molecular weight is 581 g/mol. The molecule has 4 aromatic rings. The third-order valence-electron chi connectivity index (χ3n) is 7.18. The smallest absolute Gasteiger partial charge is 0.298 e. The lowest BCUT2D eigenvalue weighted by molar-refractivity contribution is -0.141. The summed E-state index contributed by atoms with van der Waals surface area (Å²) in [6, 6.07) is 23.0. The van der Waals surface area contributed by atoms with Gasteiger partial charge in [-0.2, -0.15) is 8.78 Å². The molecule has 0 spiro atoms. The second-order valence-electron chi connectivity index (χ2n) is 10.3. The predicted molar refractivity (Wildman–Crippen MR) is 159 cm³/mol. The Kier molecular flexibility index (Phi) is 8.64. The third-order valence-corrected chi connectivity index (χ3v) is 8.28. The predicted octanol–water partition coefficient (Wildman–Crippen LogP) is 8.33. The van der Waals surface area contributed by atoms with E-state index in [0.717, 1.165) is 57.3 Å². The average Bonchev–Trinajstić information content (AvgIpc) is 3.46. The van der Waals surface area contributed by atoms with E-state index in [9.17, 15) is 4.79 Å². The number of alkyl halides is 2. The molecule has 0 aliphatic heterocycles. The maximum Gasteiger partial charge on any atom is 0.298 e. The first-order valence-electron chi connectivity index (χ1n) is 13.3. The second-order valence-corrected chi connectivity index (χ2v) is 11.6. The van der Waals surface area contributed by atoms with Gasteiger partial charge in [-0.1, -0.05) is 60.1 Å². The van der Waals surface area contributed by atoms with Crippen LogP contribution in [0.3, 0.4) is 0 Å². The normalized spacial score (nSPS) is 14.8. The number of carbonyl (C=O) groups excluding carboxylic acids is 1. The van der Waals surface area contributed by atoms with Gasteiger partial charge in [0.1, 0.15) is 5.75 Å². The Bertz CT molecular complexity index is 1470. The number of halogens is 3. The minimum absolute atomic E-state index is 0.244. The molecule has 1 unspecified atom stereocenters. The number of hydrogen-bond donors (Lipinski definition) is 1. The van der Waals surface area contributed by atoms with Crippen molar-refractivity contribution in [2.24, 2.45) is 0 Å². The van der Waals surface area contributed by atoms with Gasteiger partial charge in [-0.25, -0.2) is 4.72 Å². The topological polar surface area (TPSA) is 41.6 Å². The molecule has 0 bridgehead atoms. The minimum Gasteiger partial charge on any atom is -0.490 e. The van der Waals surface area contributed by atoms with Crippen molar-refractivity contribution >= 4 is 40.2 Å². The zero-order valence-electron chi connectivity index (χ0n) is 22.4. The van der Waals surface area contributed by atoms with Crippen molar-refractivity contribution in [3.05, 3.63) is 95.5 Å². The molecule has 0 radical (unpaired) electrons. The molecule has 208 valence electrons. The van der Waals surface area contributed by atoms with E-state index in [1.165, 1.54) is 44.0 Å². The molecule has 0 heterocycles. The number of fused-ring (bicyclic) bond motifs is 1. The fourth-order valence-corrected chi connectivity index (χ4v) is 5.85. The van der Waals surface area contributed by atoms with Crippen LogP contribution in [0.1, 0.15) is 31.2 Å². The van der Waals surface area contributed by atoms with Crippen molar-refractivity contribution in [2.45, 2.75) is 48.6 Å². The molecule has 4 aromatic carbocycles. The number of nitrogens with zero attached hydrogens (tertiary/aromatic N) is 1. The zero-order chi connectivity index (χ0) is 28.3. The lowest BCUT2D eigenvalue weighted by atomic mass is 9.97. The van der Waals surface area contributed by atoms with Crippen LogP contribution in [-0.2, 0) is 10.7 Å². The number of ether oxygens (including phenoxy) is 1. The minimum atomic E-state index is -3.46. The molecule has 5 rings (SSSR count). The van der Waals surface area contributed by atoms with Crippen molar-refractivity contribution in [1.29, 1.82) is 0 Å². The summed E-state index contributed by atoms with van der Waals surface area (Å²) in [5, 5.41) is 2.57. The summed E-state index contributed by atoms with van der Waals surface area (Å²) in [7, 11) is 2.95. The first kappa shape index (κ1) is 28.4. The molecule has 1 aliphatic rings. The summed E-state index contributed by atoms with van der Waals surface area (Å²) in [5.41, 5.74) is 1.40. The fraction of sp³-hybridized carbons (Fsp3) is 0.281. The summed E-state index contributed by atoms with van der Waals surface area (Å²) in [5.74, 6) is -3.33. The number of amides is 1. The monoisotopic (exact) mass is 580 g/mol. The van der Waals surface area contributed by atoms with Gasteiger partial charge in [-0.15, -0.1) is 0 Å². The van der Waals surface area contributed by atoms with Crippen molar-refractivity contribution in [3.63, 3.8) is 0 Å². The third kappa shape index (κ3) is 6.43. The lowest BCUT2D eigenvalue weighted by Gasteiger charge is -2.29. The quantitative estimate of drug-likeness (QED) is 0.202. The molecule has 8 heteroatoms. The van der Waals surface area contributed by atoms with Crippen molar-refractivity contribution in [3.8, 4) is 16.9 Å². The van der Waals surface area contributed by atoms with E-state index in [-0.39, 0.29) is 11.7 Å². The highest BCUT2D eigenvalue weighted by Crippen LogP contribution is 2.36. The number of benzene rings is 4. The van der Waals surface area contributed by atoms with Crippen LogP contribution in [0.2, 0.25) is 5.02 Å². The SMILES string of the molecule is CN(C)C(=O)C(NSc1ccc2cc(OC3CCCC3)ccc2c1)C(F)(F)c1ccc(-c2ccc(Cl)cc2)cc1. The number of rotatable bonds is 9. The van der Waals surface area contributed by atoms with E-state index in [1.54, 1.807) is 24.3 Å². The summed E-state index contributed by atoms with van der Waals surface area (Å²) in [6.07, 6.45) is 4.86. The standard InChI is InChI=1S/C32H31ClF2N2O2S/c1-37(2)31(38)30(32(34,35)25-13-7-21(8-14-25)22-9-15-26(33)16-10-22)36-40-29-18-12-23-19-28(17-11-24(23)20-29)39-27-5-3-4-6-27/h7-20,27,30,36H,3-6H2,1-2H3. The summed E-state index contributed by atoms with van der Waals surface area (Å²) < 4.78 is 40.5. The first-order chi connectivity index (χ1) is 19.2. The summed E-state index contributed by atoms with van der Waals surface area (Å²) in [6.45, 7) is 0. The molecule has 1 amide bonds. The lowest BCUT2D eigenvalue weighted by Crippen LogP contribution is -2.50. The second kappa shape index (κ2) is 12.2. The molecule has 0 saturated heterocycles. The highest BCUT2D eigenvalue weighted by atomic mass is 35.5. The molecule has 1 saturated carbocycles. The van der Waals surface area contributed by atoms with Gasteiger partial charge in [-0.05, 0) is 95.9 Å². The summed E-state index contributed by atoms with van der Waals surface area (Å²) >= 11 is 6.98. The van der Waals surface area contributed by atoms with Crippen molar-refractivity contribution < 1.29 is 18.3 Å². The molecule has 1 N–H and O–H groups in total. The van der Waals surface area contributed by atoms with E-state index in [4.69, 9.17) is 16.3 Å². The molecular formula is C32H31ClF2N2O2S. The molecule has 1 aliphatic carbocycles. The van der Waals surface area contributed by atoms with Crippen LogP contribution in [-0.4, -0.2) is 37.0 Å². The van der Waals surface area contributed by atoms with Crippen LogP contribution in [0, 0.1) is 0 Å².